The van der Waals surface area contributed by atoms with Crippen molar-refractivity contribution < 1.29 is 22.9 Å². The van der Waals surface area contributed by atoms with E-state index in [2.05, 4.69) is 5.32 Å². The molecule has 166 valence electrons. The number of hydrogen-bond acceptors (Lipinski definition) is 6. The van der Waals surface area contributed by atoms with Crippen molar-refractivity contribution in [1.29, 1.82) is 0 Å². The highest BCUT2D eigenvalue weighted by molar-refractivity contribution is 7.88. The summed E-state index contributed by atoms with van der Waals surface area (Å²) in [4.78, 5) is 23.2. The lowest BCUT2D eigenvalue weighted by Crippen LogP contribution is -2.41. The third kappa shape index (κ3) is 5.59. The van der Waals surface area contributed by atoms with Crippen molar-refractivity contribution in [3.8, 4) is 5.75 Å². The molecule has 1 amide bonds. The van der Waals surface area contributed by atoms with Gasteiger partial charge in [-0.2, -0.15) is 0 Å². The minimum absolute atomic E-state index is 0.0744. The Kier molecular flexibility index (Phi) is 6.91. The number of nitrogens with one attached hydrogen (secondary N) is 1. The van der Waals surface area contributed by atoms with E-state index < -0.39 is 20.9 Å². The average molecular weight is 448 g/mol. The summed E-state index contributed by atoms with van der Waals surface area (Å²) in [6.07, 6.45) is 0.742. The van der Waals surface area contributed by atoms with Gasteiger partial charge in [-0.15, -0.1) is 0 Å². The van der Waals surface area contributed by atoms with Gasteiger partial charge in [-0.05, 0) is 31.4 Å². The van der Waals surface area contributed by atoms with Crippen LogP contribution in [-0.4, -0.2) is 43.8 Å². The van der Waals surface area contributed by atoms with E-state index in [0.717, 1.165) is 11.1 Å². The zero-order chi connectivity index (χ0) is 22.6. The number of non-ortho nitro benzene ring substituents is 1. The number of benzene rings is 2. The van der Waals surface area contributed by atoms with Crippen molar-refractivity contribution in [2.75, 3.05) is 25.5 Å². The number of amides is 1. The average Bonchev–Trinajstić information content (AvgIpc) is 2.75. The monoisotopic (exact) mass is 447 g/mol. The molecule has 0 unspecified atom stereocenters. The first kappa shape index (κ1) is 22.7. The van der Waals surface area contributed by atoms with Crippen LogP contribution in [0.25, 0.3) is 0 Å². The quantitative estimate of drug-likeness (QED) is 0.515. The van der Waals surface area contributed by atoms with Gasteiger partial charge in [0.25, 0.3) is 5.69 Å². The summed E-state index contributed by atoms with van der Waals surface area (Å²) in [5.41, 5.74) is 1.85. The Hall–Kier alpha value is -2.98. The van der Waals surface area contributed by atoms with E-state index in [1.807, 2.05) is 19.1 Å². The smallest absolute Gasteiger partial charge is 0.271 e. The number of piperidine rings is 1. The van der Waals surface area contributed by atoms with Crippen LogP contribution in [-0.2, 0) is 20.6 Å². The third-order valence-electron chi connectivity index (χ3n) is 5.34. The van der Waals surface area contributed by atoms with Crippen LogP contribution < -0.4 is 10.1 Å². The second-order valence-corrected chi connectivity index (χ2v) is 9.51. The predicted octanol–water partition coefficient (Wildman–Crippen LogP) is 3.09. The highest BCUT2D eigenvalue weighted by Crippen LogP contribution is 2.30. The molecule has 2 aromatic carbocycles. The summed E-state index contributed by atoms with van der Waals surface area (Å²) in [5.74, 6) is -0.462. The van der Waals surface area contributed by atoms with Gasteiger partial charge in [0.05, 0.1) is 23.5 Å². The summed E-state index contributed by atoms with van der Waals surface area (Å²) in [5, 5.41) is 13.7. The lowest BCUT2D eigenvalue weighted by molar-refractivity contribution is -0.384. The minimum Gasteiger partial charge on any atom is -0.495 e. The molecule has 10 heteroatoms. The number of sulfonamides is 1. The summed E-state index contributed by atoms with van der Waals surface area (Å²) in [6, 6.07) is 11.3. The SMILES string of the molecule is COc1ccc([N+](=O)[O-])cc1NC(=O)C1CCN(S(=O)(=O)Cc2ccc(C)cc2)CC1. The highest BCUT2D eigenvalue weighted by atomic mass is 32.2. The molecule has 1 saturated heterocycles. The van der Waals surface area contributed by atoms with E-state index in [4.69, 9.17) is 4.74 Å². The lowest BCUT2D eigenvalue weighted by atomic mass is 9.97. The van der Waals surface area contributed by atoms with E-state index >= 15 is 0 Å². The Bertz CT molecular complexity index is 1060. The second-order valence-electron chi connectivity index (χ2n) is 7.55. The standard InChI is InChI=1S/C21H25N3O6S/c1-15-3-5-16(6-4-15)14-31(28,29)23-11-9-17(10-12-23)21(25)22-19-13-18(24(26)27)7-8-20(19)30-2/h3-8,13,17H,9-12,14H2,1-2H3,(H,22,25). The van der Waals surface area contributed by atoms with Gasteiger partial charge in [-0.1, -0.05) is 29.8 Å². The number of carbonyl (C=O) groups is 1. The van der Waals surface area contributed by atoms with Crippen molar-refractivity contribution in [2.24, 2.45) is 5.92 Å². The van der Waals surface area contributed by atoms with Crippen molar-refractivity contribution in [1.82, 2.24) is 4.31 Å². The molecule has 31 heavy (non-hydrogen) atoms. The zero-order valence-corrected chi connectivity index (χ0v) is 18.2. The molecular weight excluding hydrogens is 422 g/mol. The number of anilines is 1. The van der Waals surface area contributed by atoms with Crippen LogP contribution >= 0.6 is 0 Å². The zero-order valence-electron chi connectivity index (χ0n) is 17.4. The topological polar surface area (TPSA) is 119 Å². The number of nitro groups is 1. The van der Waals surface area contributed by atoms with Gasteiger partial charge in [-0.3, -0.25) is 14.9 Å². The molecule has 0 saturated carbocycles. The molecule has 1 heterocycles. The summed E-state index contributed by atoms with van der Waals surface area (Å²) >= 11 is 0. The Morgan fingerprint density at radius 1 is 1.19 bits per heavy atom. The van der Waals surface area contributed by atoms with Crippen molar-refractivity contribution in [3.05, 3.63) is 63.7 Å². The number of methoxy groups -OCH3 is 1. The Morgan fingerprint density at radius 3 is 2.42 bits per heavy atom. The van der Waals surface area contributed by atoms with Crippen LogP contribution in [0.4, 0.5) is 11.4 Å². The van der Waals surface area contributed by atoms with Gasteiger partial charge >= 0.3 is 0 Å². The fourth-order valence-corrected chi connectivity index (χ4v) is 5.09. The molecular formula is C21H25N3O6S. The summed E-state index contributed by atoms with van der Waals surface area (Å²) in [7, 11) is -2.07. The number of aryl methyl sites for hydroxylation is 1. The third-order valence-corrected chi connectivity index (χ3v) is 7.19. The van der Waals surface area contributed by atoms with Crippen LogP contribution in [0.5, 0.6) is 5.75 Å². The Balaban J connectivity index is 1.61. The normalized spacial score (nSPS) is 15.4. The molecule has 9 nitrogen and oxygen atoms in total. The van der Waals surface area contributed by atoms with Crippen LogP contribution in [0.15, 0.2) is 42.5 Å². The number of carbonyl (C=O) groups excluding carboxylic acids is 1. The van der Waals surface area contributed by atoms with Crippen LogP contribution in [0.2, 0.25) is 0 Å². The number of ether oxygens (including phenoxy) is 1. The number of hydrogen-bond donors (Lipinski definition) is 1. The second kappa shape index (κ2) is 9.44. The molecule has 0 radical (unpaired) electrons. The number of rotatable bonds is 7. The Morgan fingerprint density at radius 2 is 1.84 bits per heavy atom. The molecule has 0 bridgehead atoms. The van der Waals surface area contributed by atoms with Gasteiger partial charge in [0, 0.05) is 31.1 Å². The molecule has 1 N–H and O–H groups in total. The van der Waals surface area contributed by atoms with Crippen LogP contribution in [0.1, 0.15) is 24.0 Å². The largest absolute Gasteiger partial charge is 0.495 e. The molecule has 2 aromatic rings. The predicted molar refractivity (Wildman–Crippen MR) is 116 cm³/mol. The minimum atomic E-state index is -3.48. The van der Waals surface area contributed by atoms with Gasteiger partial charge in [-0.25, -0.2) is 12.7 Å². The maximum atomic E-state index is 12.7. The van der Waals surface area contributed by atoms with Gasteiger partial charge in [0.1, 0.15) is 5.75 Å². The number of nitrogens with zero attached hydrogens (tertiary/aromatic N) is 2. The highest BCUT2D eigenvalue weighted by Gasteiger charge is 2.31. The fourth-order valence-electron chi connectivity index (χ4n) is 3.52. The lowest BCUT2D eigenvalue weighted by Gasteiger charge is -2.30. The first-order valence-electron chi connectivity index (χ1n) is 9.86. The Labute approximate surface area is 181 Å². The van der Waals surface area contributed by atoms with E-state index in [-0.39, 0.29) is 36.1 Å². The molecule has 0 spiro atoms. The van der Waals surface area contributed by atoms with E-state index in [0.29, 0.717) is 18.6 Å². The van der Waals surface area contributed by atoms with Gasteiger partial charge in [0.2, 0.25) is 15.9 Å². The van der Waals surface area contributed by atoms with E-state index in [1.54, 1.807) is 12.1 Å². The summed E-state index contributed by atoms with van der Waals surface area (Å²) in [6.45, 7) is 2.44. The van der Waals surface area contributed by atoms with Crippen LogP contribution in [0, 0.1) is 23.0 Å². The first-order chi connectivity index (χ1) is 14.7. The van der Waals surface area contributed by atoms with Gasteiger partial charge in [0.15, 0.2) is 0 Å². The van der Waals surface area contributed by atoms with E-state index in [9.17, 15) is 23.3 Å². The number of nitro benzene ring substituents is 1. The molecule has 1 aliphatic rings. The maximum Gasteiger partial charge on any atom is 0.271 e. The molecule has 0 aliphatic carbocycles. The molecule has 0 aromatic heterocycles. The van der Waals surface area contributed by atoms with Crippen molar-refractivity contribution in [3.63, 3.8) is 0 Å². The van der Waals surface area contributed by atoms with Crippen LogP contribution in [0.3, 0.4) is 0 Å². The van der Waals surface area contributed by atoms with Crippen molar-refractivity contribution in [2.45, 2.75) is 25.5 Å². The molecule has 1 fully saturated rings. The van der Waals surface area contributed by atoms with Gasteiger partial charge < -0.3 is 10.1 Å². The molecule has 0 atom stereocenters. The van der Waals surface area contributed by atoms with E-state index in [1.165, 1.54) is 29.6 Å². The molecule has 1 aliphatic heterocycles. The maximum absolute atomic E-state index is 12.7. The first-order valence-corrected chi connectivity index (χ1v) is 11.5. The fraction of sp³-hybridized carbons (Fsp3) is 0.381. The van der Waals surface area contributed by atoms with Crippen molar-refractivity contribution >= 4 is 27.3 Å². The summed E-state index contributed by atoms with van der Waals surface area (Å²) < 4.78 is 32.1. The molecule has 3 rings (SSSR count).